The van der Waals surface area contributed by atoms with Gasteiger partial charge >= 0.3 is 5.97 Å². The normalized spacial score (nSPS) is 9.96. The van der Waals surface area contributed by atoms with Crippen molar-refractivity contribution in [3.05, 3.63) is 65.7 Å². The number of hydrogen-bond acceptors (Lipinski definition) is 4. The molecule has 0 fully saturated rings. The molecule has 2 aromatic carbocycles. The van der Waals surface area contributed by atoms with Crippen LogP contribution in [0.2, 0.25) is 0 Å². The fourth-order valence-electron chi connectivity index (χ4n) is 1.95. The van der Waals surface area contributed by atoms with Crippen LogP contribution in [0.15, 0.2) is 54.6 Å². The van der Waals surface area contributed by atoms with Gasteiger partial charge in [0.15, 0.2) is 0 Å². The molecule has 0 aliphatic heterocycles. The maximum absolute atomic E-state index is 11.8. The van der Waals surface area contributed by atoms with Gasteiger partial charge < -0.3 is 14.8 Å². The Morgan fingerprint density at radius 1 is 0.957 bits per heavy atom. The van der Waals surface area contributed by atoms with Crippen molar-refractivity contribution < 1.29 is 19.1 Å². The second-order valence-corrected chi connectivity index (χ2v) is 4.95. The summed E-state index contributed by atoms with van der Waals surface area (Å²) in [6.07, 6.45) is 0.204. The number of ether oxygens (including phenoxy) is 2. The molecule has 1 N–H and O–H groups in total. The van der Waals surface area contributed by atoms with Crippen LogP contribution in [0.1, 0.15) is 11.1 Å². The molecule has 0 unspecified atom stereocenters. The van der Waals surface area contributed by atoms with Crippen molar-refractivity contribution in [3.63, 3.8) is 0 Å². The van der Waals surface area contributed by atoms with Crippen LogP contribution in [0, 0.1) is 0 Å². The Morgan fingerprint density at radius 2 is 1.65 bits per heavy atom. The molecule has 0 aliphatic carbocycles. The summed E-state index contributed by atoms with van der Waals surface area (Å²) in [7, 11) is 1.59. The standard InChI is InChI=1S/C18H19NO4/c1-22-16-9-7-14(8-10-16)11-17(20)19-12-18(21)23-13-15-5-3-2-4-6-15/h2-10H,11-13H2,1H3,(H,19,20). The highest BCUT2D eigenvalue weighted by atomic mass is 16.5. The van der Waals surface area contributed by atoms with Crippen molar-refractivity contribution in [3.8, 4) is 5.75 Å². The van der Waals surface area contributed by atoms with Crippen LogP contribution in [0.3, 0.4) is 0 Å². The Morgan fingerprint density at radius 3 is 2.30 bits per heavy atom. The molecular formula is C18H19NO4. The summed E-state index contributed by atoms with van der Waals surface area (Å²) in [5.41, 5.74) is 1.76. The monoisotopic (exact) mass is 313 g/mol. The highest BCUT2D eigenvalue weighted by molar-refractivity contribution is 5.83. The minimum Gasteiger partial charge on any atom is -0.497 e. The predicted octanol–water partition coefficient (Wildman–Crippen LogP) is 2.10. The van der Waals surface area contributed by atoms with Gasteiger partial charge in [0, 0.05) is 0 Å². The van der Waals surface area contributed by atoms with E-state index in [4.69, 9.17) is 9.47 Å². The largest absolute Gasteiger partial charge is 0.497 e. The molecule has 0 saturated heterocycles. The number of methoxy groups -OCH3 is 1. The molecule has 0 heterocycles. The number of amides is 1. The second kappa shape index (κ2) is 8.58. The minimum absolute atomic E-state index is 0.137. The molecule has 2 aromatic rings. The van der Waals surface area contributed by atoms with Gasteiger partial charge in [-0.05, 0) is 23.3 Å². The highest BCUT2D eigenvalue weighted by Crippen LogP contribution is 2.11. The van der Waals surface area contributed by atoms with Gasteiger partial charge in [0.1, 0.15) is 18.9 Å². The van der Waals surface area contributed by atoms with E-state index < -0.39 is 5.97 Å². The number of benzene rings is 2. The van der Waals surface area contributed by atoms with Crippen molar-refractivity contribution in [1.29, 1.82) is 0 Å². The van der Waals surface area contributed by atoms with Gasteiger partial charge in [0.25, 0.3) is 0 Å². The molecule has 5 heteroatoms. The van der Waals surface area contributed by atoms with Crippen molar-refractivity contribution in [2.45, 2.75) is 13.0 Å². The summed E-state index contributed by atoms with van der Waals surface area (Å²) >= 11 is 0. The lowest BCUT2D eigenvalue weighted by Crippen LogP contribution is -2.31. The third-order valence-corrected chi connectivity index (χ3v) is 3.20. The van der Waals surface area contributed by atoms with Crippen LogP contribution in [-0.4, -0.2) is 25.5 Å². The lowest BCUT2D eigenvalue weighted by Gasteiger charge is -2.07. The SMILES string of the molecule is COc1ccc(CC(=O)NCC(=O)OCc2ccccc2)cc1. The van der Waals surface area contributed by atoms with Gasteiger partial charge in [-0.2, -0.15) is 0 Å². The molecule has 1 amide bonds. The first-order chi connectivity index (χ1) is 11.2. The average Bonchev–Trinajstić information content (AvgIpc) is 2.60. The van der Waals surface area contributed by atoms with E-state index in [9.17, 15) is 9.59 Å². The molecule has 0 radical (unpaired) electrons. The van der Waals surface area contributed by atoms with Crippen molar-refractivity contribution in [2.24, 2.45) is 0 Å². The van der Waals surface area contributed by atoms with Crippen LogP contribution in [-0.2, 0) is 27.4 Å². The van der Waals surface area contributed by atoms with Gasteiger partial charge in [-0.3, -0.25) is 9.59 Å². The molecular weight excluding hydrogens is 294 g/mol. The fraction of sp³-hybridized carbons (Fsp3) is 0.222. The van der Waals surface area contributed by atoms with Crippen LogP contribution < -0.4 is 10.1 Å². The molecule has 0 bridgehead atoms. The first-order valence-electron chi connectivity index (χ1n) is 7.26. The second-order valence-electron chi connectivity index (χ2n) is 4.95. The summed E-state index contributed by atoms with van der Waals surface area (Å²) in [6, 6.07) is 16.6. The summed E-state index contributed by atoms with van der Waals surface area (Å²) < 4.78 is 10.1. The van der Waals surface area contributed by atoms with Crippen molar-refractivity contribution >= 4 is 11.9 Å². The van der Waals surface area contributed by atoms with E-state index in [0.29, 0.717) is 0 Å². The van der Waals surface area contributed by atoms with E-state index in [-0.39, 0.29) is 25.5 Å². The Kier molecular flexibility index (Phi) is 6.17. The lowest BCUT2D eigenvalue weighted by atomic mass is 10.1. The number of hydrogen-bond donors (Lipinski definition) is 1. The Balaban J connectivity index is 1.69. The van der Waals surface area contributed by atoms with Crippen LogP contribution in [0.4, 0.5) is 0 Å². The number of esters is 1. The van der Waals surface area contributed by atoms with E-state index in [1.54, 1.807) is 19.2 Å². The summed E-state index contributed by atoms with van der Waals surface area (Å²) in [6.45, 7) is 0.0653. The van der Waals surface area contributed by atoms with Gasteiger partial charge in [0.05, 0.1) is 13.5 Å². The summed E-state index contributed by atoms with van der Waals surface area (Å²) in [5, 5.41) is 2.55. The maximum atomic E-state index is 11.8. The van der Waals surface area contributed by atoms with E-state index in [1.165, 1.54) is 0 Å². The molecule has 0 spiro atoms. The topological polar surface area (TPSA) is 64.6 Å². The molecule has 23 heavy (non-hydrogen) atoms. The van der Waals surface area contributed by atoms with Gasteiger partial charge in [-0.15, -0.1) is 0 Å². The number of nitrogens with one attached hydrogen (secondary N) is 1. The summed E-state index contributed by atoms with van der Waals surface area (Å²) in [4.78, 5) is 23.4. The van der Waals surface area contributed by atoms with Crippen molar-refractivity contribution in [1.82, 2.24) is 5.32 Å². The number of carbonyl (C=O) groups excluding carboxylic acids is 2. The third kappa shape index (κ3) is 5.82. The molecule has 0 aliphatic rings. The smallest absolute Gasteiger partial charge is 0.325 e. The Labute approximate surface area is 135 Å². The van der Waals surface area contributed by atoms with E-state index >= 15 is 0 Å². The number of carbonyl (C=O) groups is 2. The molecule has 0 saturated carbocycles. The molecule has 0 aromatic heterocycles. The zero-order valence-electron chi connectivity index (χ0n) is 13.0. The van der Waals surface area contributed by atoms with Gasteiger partial charge in [-0.25, -0.2) is 0 Å². The first kappa shape index (κ1) is 16.5. The molecule has 120 valence electrons. The zero-order valence-corrected chi connectivity index (χ0v) is 13.0. The van der Waals surface area contributed by atoms with E-state index in [1.807, 2.05) is 42.5 Å². The van der Waals surface area contributed by atoms with Crippen LogP contribution in [0.25, 0.3) is 0 Å². The van der Waals surface area contributed by atoms with Crippen LogP contribution in [0.5, 0.6) is 5.75 Å². The highest BCUT2D eigenvalue weighted by Gasteiger charge is 2.08. The zero-order chi connectivity index (χ0) is 16.5. The van der Waals surface area contributed by atoms with E-state index in [0.717, 1.165) is 16.9 Å². The molecule has 5 nitrogen and oxygen atoms in total. The Hall–Kier alpha value is -2.82. The summed E-state index contributed by atoms with van der Waals surface area (Å²) in [5.74, 6) is 0.0439. The predicted molar refractivity (Wildman–Crippen MR) is 85.9 cm³/mol. The van der Waals surface area contributed by atoms with Gasteiger partial charge in [0.2, 0.25) is 5.91 Å². The molecule has 2 rings (SSSR count). The van der Waals surface area contributed by atoms with Gasteiger partial charge in [-0.1, -0.05) is 42.5 Å². The minimum atomic E-state index is -0.461. The Bertz CT molecular complexity index is 638. The average molecular weight is 313 g/mol. The first-order valence-corrected chi connectivity index (χ1v) is 7.26. The third-order valence-electron chi connectivity index (χ3n) is 3.20. The van der Waals surface area contributed by atoms with Crippen molar-refractivity contribution in [2.75, 3.05) is 13.7 Å². The van der Waals surface area contributed by atoms with Crippen LogP contribution >= 0.6 is 0 Å². The lowest BCUT2D eigenvalue weighted by molar-refractivity contribution is -0.145. The molecule has 0 atom stereocenters. The number of rotatable bonds is 7. The maximum Gasteiger partial charge on any atom is 0.325 e. The fourth-order valence-corrected chi connectivity index (χ4v) is 1.95. The van der Waals surface area contributed by atoms with E-state index in [2.05, 4.69) is 5.32 Å². The quantitative estimate of drug-likeness (QED) is 0.795.